The zero-order valence-electron chi connectivity index (χ0n) is 11.9. The third kappa shape index (κ3) is 3.82. The van der Waals surface area contributed by atoms with Crippen molar-refractivity contribution >= 4 is 11.6 Å². The molecule has 1 aromatic rings. The molecule has 1 aromatic carbocycles. The molecule has 21 heavy (non-hydrogen) atoms. The van der Waals surface area contributed by atoms with E-state index in [1.165, 1.54) is 35.6 Å². The maximum atomic E-state index is 13.9. The maximum Gasteiger partial charge on any atom is 0.251 e. The number of carbonyl (C=O) groups excluding carboxylic acids is 1. The third-order valence-corrected chi connectivity index (χ3v) is 2.88. The second-order valence-electron chi connectivity index (χ2n) is 4.61. The summed E-state index contributed by atoms with van der Waals surface area (Å²) in [7, 11) is 1.57. The first kappa shape index (κ1) is 15.1. The summed E-state index contributed by atoms with van der Waals surface area (Å²) in [6.07, 6.45) is 5.97. The van der Waals surface area contributed by atoms with Gasteiger partial charge >= 0.3 is 0 Å². The van der Waals surface area contributed by atoms with Gasteiger partial charge in [-0.15, -0.1) is 0 Å². The highest BCUT2D eigenvalue weighted by atomic mass is 19.1. The number of nitrogens with zero attached hydrogens (tertiary/aromatic N) is 1. The summed E-state index contributed by atoms with van der Waals surface area (Å²) in [6, 6.07) is 4.08. The molecule has 6 heteroatoms. The first-order valence-electron chi connectivity index (χ1n) is 6.48. The van der Waals surface area contributed by atoms with Gasteiger partial charge in [0, 0.05) is 31.1 Å². The van der Waals surface area contributed by atoms with Crippen LogP contribution in [0.25, 0.3) is 0 Å². The molecule has 0 aromatic heterocycles. The number of amides is 1. The van der Waals surface area contributed by atoms with Gasteiger partial charge < -0.3 is 19.7 Å². The molecular weight excluding hydrogens is 275 g/mol. The highest BCUT2D eigenvalue weighted by Gasteiger charge is 2.15. The van der Waals surface area contributed by atoms with Crippen LogP contribution in [0.2, 0.25) is 0 Å². The quantitative estimate of drug-likeness (QED) is 0.905. The van der Waals surface area contributed by atoms with Crippen molar-refractivity contribution in [1.29, 1.82) is 0 Å². The predicted octanol–water partition coefficient (Wildman–Crippen LogP) is 2.37. The van der Waals surface area contributed by atoms with Crippen LogP contribution in [0.15, 0.2) is 43.1 Å². The summed E-state index contributed by atoms with van der Waals surface area (Å²) in [6.45, 7) is 2.24. The molecule has 0 bridgehead atoms. The van der Waals surface area contributed by atoms with Crippen LogP contribution in [-0.4, -0.2) is 25.7 Å². The number of carbonyl (C=O) groups is 1. The standard InChI is InChI=1S/C15H17FN2O3/c1-11(10-20-2)17-15(19)12-3-4-13(16)14(9-12)18-5-7-21-8-6-18/h3-9,11H,10H2,1-2H3,(H,17,19)/t11-/m0/s1. The molecule has 0 unspecified atom stereocenters. The zero-order valence-corrected chi connectivity index (χ0v) is 11.9. The molecule has 0 aliphatic carbocycles. The lowest BCUT2D eigenvalue weighted by Crippen LogP contribution is -2.35. The summed E-state index contributed by atoms with van der Waals surface area (Å²) in [5.74, 6) is -0.699. The Balaban J connectivity index is 2.18. The van der Waals surface area contributed by atoms with Gasteiger partial charge in [0.2, 0.25) is 0 Å². The molecule has 1 aliphatic rings. The van der Waals surface area contributed by atoms with E-state index in [1.54, 1.807) is 19.5 Å². The van der Waals surface area contributed by atoms with Crippen molar-refractivity contribution in [3.05, 3.63) is 54.5 Å². The average Bonchev–Trinajstić information content (AvgIpc) is 2.48. The fraction of sp³-hybridized carbons (Fsp3) is 0.267. The van der Waals surface area contributed by atoms with Crippen LogP contribution in [0.3, 0.4) is 0 Å². The Bertz CT molecular complexity index is 560. The lowest BCUT2D eigenvalue weighted by molar-refractivity contribution is 0.0905. The van der Waals surface area contributed by atoms with Gasteiger partial charge in [-0.3, -0.25) is 4.79 Å². The van der Waals surface area contributed by atoms with E-state index in [4.69, 9.17) is 9.47 Å². The fourth-order valence-electron chi connectivity index (χ4n) is 1.91. The average molecular weight is 292 g/mol. The molecule has 0 saturated heterocycles. The van der Waals surface area contributed by atoms with Crippen LogP contribution in [0.4, 0.5) is 10.1 Å². The summed E-state index contributed by atoms with van der Waals surface area (Å²) in [4.78, 5) is 13.6. The maximum absolute atomic E-state index is 13.9. The molecule has 0 spiro atoms. The van der Waals surface area contributed by atoms with Gasteiger partial charge in [0.25, 0.3) is 5.91 Å². The van der Waals surface area contributed by atoms with Gasteiger partial charge in [-0.2, -0.15) is 0 Å². The van der Waals surface area contributed by atoms with E-state index in [-0.39, 0.29) is 17.6 Å². The van der Waals surface area contributed by atoms with Crippen molar-refractivity contribution < 1.29 is 18.7 Å². The topological polar surface area (TPSA) is 50.8 Å². The number of hydrogen-bond acceptors (Lipinski definition) is 4. The largest absolute Gasteiger partial charge is 0.470 e. The number of benzene rings is 1. The molecule has 5 nitrogen and oxygen atoms in total. The van der Waals surface area contributed by atoms with E-state index < -0.39 is 5.82 Å². The molecule has 1 N–H and O–H groups in total. The van der Waals surface area contributed by atoms with E-state index in [1.807, 2.05) is 6.92 Å². The Labute approximate surface area is 122 Å². The second kappa shape index (κ2) is 6.90. The Hall–Kier alpha value is -2.34. The molecule has 0 radical (unpaired) electrons. The predicted molar refractivity (Wildman–Crippen MR) is 77.0 cm³/mol. The third-order valence-electron chi connectivity index (χ3n) is 2.88. The minimum absolute atomic E-state index is 0.126. The monoisotopic (exact) mass is 292 g/mol. The van der Waals surface area contributed by atoms with Gasteiger partial charge in [-0.25, -0.2) is 4.39 Å². The number of hydrogen-bond donors (Lipinski definition) is 1. The van der Waals surface area contributed by atoms with Crippen molar-refractivity contribution in [3.8, 4) is 0 Å². The minimum Gasteiger partial charge on any atom is -0.470 e. The molecule has 2 rings (SSSR count). The SMILES string of the molecule is COC[C@H](C)NC(=O)c1ccc(F)c(N2C=COC=C2)c1. The van der Waals surface area contributed by atoms with Gasteiger partial charge in [0.1, 0.15) is 18.3 Å². The number of methoxy groups -OCH3 is 1. The van der Waals surface area contributed by atoms with Crippen LogP contribution in [0.5, 0.6) is 0 Å². The number of nitrogens with one attached hydrogen (secondary N) is 1. The van der Waals surface area contributed by atoms with Gasteiger partial charge in [-0.1, -0.05) is 0 Å². The first-order chi connectivity index (χ1) is 10.1. The summed E-state index contributed by atoms with van der Waals surface area (Å²) >= 11 is 0. The number of rotatable bonds is 5. The van der Waals surface area contributed by atoms with E-state index in [2.05, 4.69) is 5.32 Å². The smallest absolute Gasteiger partial charge is 0.251 e. The molecular formula is C15H17FN2O3. The van der Waals surface area contributed by atoms with Crippen LogP contribution >= 0.6 is 0 Å². The lowest BCUT2D eigenvalue weighted by Gasteiger charge is -2.19. The van der Waals surface area contributed by atoms with Crippen LogP contribution in [0, 0.1) is 5.82 Å². The number of halogens is 1. The summed E-state index contributed by atoms with van der Waals surface area (Å²) in [5.41, 5.74) is 0.653. The molecule has 0 fully saturated rings. The highest BCUT2D eigenvalue weighted by Crippen LogP contribution is 2.23. The van der Waals surface area contributed by atoms with Crippen molar-refractivity contribution in [2.75, 3.05) is 18.6 Å². The highest BCUT2D eigenvalue weighted by molar-refractivity contribution is 5.95. The summed E-state index contributed by atoms with van der Waals surface area (Å²) in [5, 5.41) is 2.78. The first-order valence-corrected chi connectivity index (χ1v) is 6.48. The Morgan fingerprint density at radius 1 is 1.43 bits per heavy atom. The summed E-state index contributed by atoms with van der Waals surface area (Å²) < 4.78 is 23.8. The molecule has 1 aliphatic heterocycles. The normalized spacial score (nSPS) is 14.7. The van der Waals surface area contributed by atoms with E-state index in [0.29, 0.717) is 12.2 Å². The van der Waals surface area contributed by atoms with Crippen molar-refractivity contribution in [2.24, 2.45) is 0 Å². The Morgan fingerprint density at radius 3 is 2.81 bits per heavy atom. The van der Waals surface area contributed by atoms with E-state index in [0.717, 1.165) is 0 Å². The van der Waals surface area contributed by atoms with Crippen molar-refractivity contribution in [1.82, 2.24) is 5.32 Å². The van der Waals surface area contributed by atoms with Crippen molar-refractivity contribution in [3.63, 3.8) is 0 Å². The van der Waals surface area contributed by atoms with Gasteiger partial charge in [0.05, 0.1) is 12.3 Å². The minimum atomic E-state index is -0.423. The van der Waals surface area contributed by atoms with Crippen LogP contribution in [-0.2, 0) is 9.47 Å². The van der Waals surface area contributed by atoms with Crippen molar-refractivity contribution in [2.45, 2.75) is 13.0 Å². The molecule has 1 amide bonds. The number of anilines is 1. The molecule has 0 saturated carbocycles. The van der Waals surface area contributed by atoms with Gasteiger partial charge in [0.15, 0.2) is 0 Å². The molecule has 1 atom stereocenters. The molecule has 1 heterocycles. The number of ether oxygens (including phenoxy) is 2. The second-order valence-corrected chi connectivity index (χ2v) is 4.61. The van der Waals surface area contributed by atoms with E-state index >= 15 is 0 Å². The van der Waals surface area contributed by atoms with Crippen LogP contribution in [0.1, 0.15) is 17.3 Å². The Kier molecular flexibility index (Phi) is 4.94. The Morgan fingerprint density at radius 2 is 2.14 bits per heavy atom. The van der Waals surface area contributed by atoms with E-state index in [9.17, 15) is 9.18 Å². The van der Waals surface area contributed by atoms with Gasteiger partial charge in [-0.05, 0) is 25.1 Å². The fourth-order valence-corrected chi connectivity index (χ4v) is 1.91. The molecule has 112 valence electrons. The zero-order chi connectivity index (χ0) is 15.2. The lowest BCUT2D eigenvalue weighted by atomic mass is 10.1. The van der Waals surface area contributed by atoms with Crippen LogP contribution < -0.4 is 10.2 Å².